The largest absolute Gasteiger partial charge is 0.478 e. The fourth-order valence-corrected chi connectivity index (χ4v) is 4.47. The maximum Gasteiger partial charge on any atom is 0.229 e. The Morgan fingerprint density at radius 2 is 1.84 bits per heavy atom. The zero-order chi connectivity index (χ0) is 20.9. The van der Waals surface area contributed by atoms with Crippen LogP contribution in [0.3, 0.4) is 0 Å². The van der Waals surface area contributed by atoms with E-state index in [-0.39, 0.29) is 17.3 Å². The van der Waals surface area contributed by atoms with Crippen molar-refractivity contribution in [3.05, 3.63) is 83.1 Å². The molecule has 0 saturated carbocycles. The minimum Gasteiger partial charge on any atom is -0.478 e. The number of fused-ring (bicyclic) bond motifs is 6. The molecule has 7 nitrogen and oxygen atoms in total. The SMILES string of the molecule is O=C1c2ccccc2C(=O)c2c1oc1c3c(ccc21)OCN(CCCn1ccnc1)C3. The van der Waals surface area contributed by atoms with E-state index in [2.05, 4.69) is 9.88 Å². The van der Waals surface area contributed by atoms with Gasteiger partial charge in [0, 0.05) is 48.5 Å². The van der Waals surface area contributed by atoms with Gasteiger partial charge in [0.2, 0.25) is 5.78 Å². The van der Waals surface area contributed by atoms with Crippen LogP contribution in [0.5, 0.6) is 5.75 Å². The normalized spacial score (nSPS) is 15.5. The Morgan fingerprint density at radius 1 is 1.00 bits per heavy atom. The van der Waals surface area contributed by atoms with Gasteiger partial charge in [0.15, 0.2) is 11.5 Å². The van der Waals surface area contributed by atoms with E-state index in [0.717, 1.165) is 30.8 Å². The summed E-state index contributed by atoms with van der Waals surface area (Å²) < 4.78 is 14.1. The third-order valence-electron chi connectivity index (χ3n) is 6.00. The molecular weight excluding hydrogens is 394 g/mol. The smallest absolute Gasteiger partial charge is 0.229 e. The minimum atomic E-state index is -0.246. The average molecular weight is 413 g/mol. The molecular formula is C24H19N3O4. The van der Waals surface area contributed by atoms with Gasteiger partial charge in [0.25, 0.3) is 0 Å². The molecule has 0 saturated heterocycles. The molecule has 31 heavy (non-hydrogen) atoms. The van der Waals surface area contributed by atoms with Crippen molar-refractivity contribution in [3.8, 4) is 5.75 Å². The molecule has 0 atom stereocenters. The molecule has 7 heteroatoms. The number of furan rings is 1. The van der Waals surface area contributed by atoms with Crippen molar-refractivity contribution >= 4 is 22.5 Å². The van der Waals surface area contributed by atoms with Crippen molar-refractivity contribution in [1.29, 1.82) is 0 Å². The van der Waals surface area contributed by atoms with Crippen molar-refractivity contribution in [1.82, 2.24) is 14.5 Å². The highest BCUT2D eigenvalue weighted by Crippen LogP contribution is 2.40. The molecule has 4 aromatic rings. The molecule has 0 bridgehead atoms. The van der Waals surface area contributed by atoms with Gasteiger partial charge in [-0.25, -0.2) is 4.98 Å². The fourth-order valence-electron chi connectivity index (χ4n) is 4.47. The number of rotatable bonds is 4. The summed E-state index contributed by atoms with van der Waals surface area (Å²) in [5, 5.41) is 0.672. The summed E-state index contributed by atoms with van der Waals surface area (Å²) >= 11 is 0. The van der Waals surface area contributed by atoms with Crippen LogP contribution in [0, 0.1) is 0 Å². The lowest BCUT2D eigenvalue weighted by molar-refractivity contribution is 0.0929. The molecule has 6 rings (SSSR count). The van der Waals surface area contributed by atoms with Crippen LogP contribution in [0.4, 0.5) is 0 Å². The van der Waals surface area contributed by atoms with E-state index >= 15 is 0 Å². The van der Waals surface area contributed by atoms with Crippen LogP contribution in [0.25, 0.3) is 11.0 Å². The molecule has 154 valence electrons. The van der Waals surface area contributed by atoms with Crippen molar-refractivity contribution in [2.75, 3.05) is 13.3 Å². The van der Waals surface area contributed by atoms with Crippen LogP contribution in [0.1, 0.15) is 44.0 Å². The molecule has 1 aliphatic heterocycles. The summed E-state index contributed by atoms with van der Waals surface area (Å²) in [6, 6.07) is 10.6. The molecule has 0 radical (unpaired) electrons. The van der Waals surface area contributed by atoms with Crippen molar-refractivity contribution < 1.29 is 18.7 Å². The molecule has 0 fully saturated rings. The third kappa shape index (κ3) is 2.81. The lowest BCUT2D eigenvalue weighted by atomic mass is 9.87. The lowest BCUT2D eigenvalue weighted by Crippen LogP contribution is -2.33. The Balaban J connectivity index is 1.34. The van der Waals surface area contributed by atoms with Gasteiger partial charge in [-0.05, 0) is 18.6 Å². The number of imidazole rings is 1. The van der Waals surface area contributed by atoms with Gasteiger partial charge in [-0.2, -0.15) is 0 Å². The molecule has 0 amide bonds. The number of aryl methyl sites for hydroxylation is 1. The maximum atomic E-state index is 13.2. The molecule has 2 aromatic carbocycles. The Hall–Kier alpha value is -3.71. The summed E-state index contributed by atoms with van der Waals surface area (Å²) in [4.78, 5) is 32.4. The first-order valence-corrected chi connectivity index (χ1v) is 10.3. The number of hydrogen-bond donors (Lipinski definition) is 0. The van der Waals surface area contributed by atoms with E-state index in [1.165, 1.54) is 0 Å². The minimum absolute atomic E-state index is 0.129. The van der Waals surface area contributed by atoms with E-state index in [0.29, 0.717) is 40.9 Å². The summed E-state index contributed by atoms with van der Waals surface area (Å²) in [5.41, 5.74) is 2.63. The van der Waals surface area contributed by atoms with Crippen LogP contribution < -0.4 is 4.74 Å². The topological polar surface area (TPSA) is 77.6 Å². The second-order valence-electron chi connectivity index (χ2n) is 7.91. The standard InChI is InChI=1S/C24H19N3O4/c28-21-15-4-1-2-5-16(15)22(29)24-20(21)17-6-7-19-18(23(17)31-24)12-27(14-30-19)10-3-9-26-11-8-25-13-26/h1-2,4-8,11,13H,3,9-10,12,14H2. The Kier molecular flexibility index (Phi) is 4.04. The van der Waals surface area contributed by atoms with Gasteiger partial charge in [-0.15, -0.1) is 0 Å². The molecule has 2 aromatic heterocycles. The zero-order valence-electron chi connectivity index (χ0n) is 16.7. The molecule has 1 aliphatic carbocycles. The summed E-state index contributed by atoms with van der Waals surface area (Å²) in [6.45, 7) is 2.85. The van der Waals surface area contributed by atoms with Gasteiger partial charge in [0.1, 0.15) is 18.1 Å². The summed E-state index contributed by atoms with van der Waals surface area (Å²) in [5.74, 6) is 0.452. The highest BCUT2D eigenvalue weighted by atomic mass is 16.5. The lowest BCUT2D eigenvalue weighted by Gasteiger charge is -2.28. The van der Waals surface area contributed by atoms with Gasteiger partial charge in [0.05, 0.1) is 17.5 Å². The van der Waals surface area contributed by atoms with Crippen LogP contribution in [-0.4, -0.2) is 39.3 Å². The van der Waals surface area contributed by atoms with Gasteiger partial charge in [-0.3, -0.25) is 14.5 Å². The molecule has 0 spiro atoms. The van der Waals surface area contributed by atoms with Crippen LogP contribution in [-0.2, 0) is 13.1 Å². The predicted molar refractivity (Wildman–Crippen MR) is 112 cm³/mol. The Labute approximate surface area is 177 Å². The number of benzene rings is 2. The fraction of sp³-hybridized carbons (Fsp3) is 0.208. The van der Waals surface area contributed by atoms with Crippen molar-refractivity contribution in [2.45, 2.75) is 19.5 Å². The predicted octanol–water partition coefficient (Wildman–Crippen LogP) is 3.65. The van der Waals surface area contributed by atoms with Crippen LogP contribution in [0.2, 0.25) is 0 Å². The first-order valence-electron chi connectivity index (χ1n) is 10.3. The molecule has 0 N–H and O–H groups in total. The third-order valence-corrected chi connectivity index (χ3v) is 6.00. The Bertz CT molecular complexity index is 1340. The van der Waals surface area contributed by atoms with Crippen molar-refractivity contribution in [2.24, 2.45) is 0 Å². The van der Waals surface area contributed by atoms with Crippen molar-refractivity contribution in [3.63, 3.8) is 0 Å². The average Bonchev–Trinajstić information content (AvgIpc) is 3.45. The number of aromatic nitrogens is 2. The summed E-state index contributed by atoms with van der Waals surface area (Å²) in [6.07, 6.45) is 6.48. The quantitative estimate of drug-likeness (QED) is 0.448. The van der Waals surface area contributed by atoms with E-state index in [1.54, 1.807) is 30.5 Å². The monoisotopic (exact) mass is 413 g/mol. The first kappa shape index (κ1) is 18.1. The zero-order valence-corrected chi connectivity index (χ0v) is 16.7. The first-order chi connectivity index (χ1) is 15.2. The van der Waals surface area contributed by atoms with E-state index in [4.69, 9.17) is 9.15 Å². The van der Waals surface area contributed by atoms with E-state index in [1.807, 2.05) is 29.2 Å². The highest BCUT2D eigenvalue weighted by molar-refractivity contribution is 6.31. The maximum absolute atomic E-state index is 13.2. The van der Waals surface area contributed by atoms with Gasteiger partial charge >= 0.3 is 0 Å². The van der Waals surface area contributed by atoms with Crippen LogP contribution in [0.15, 0.2) is 59.5 Å². The Morgan fingerprint density at radius 3 is 2.65 bits per heavy atom. The number of carbonyl (C=O) groups excluding carboxylic acids is 2. The second kappa shape index (κ2) is 6.92. The molecule has 3 heterocycles. The number of nitrogens with zero attached hydrogens (tertiary/aromatic N) is 3. The van der Waals surface area contributed by atoms with Gasteiger partial charge < -0.3 is 13.7 Å². The number of carbonyl (C=O) groups is 2. The number of hydrogen-bond acceptors (Lipinski definition) is 6. The highest BCUT2D eigenvalue weighted by Gasteiger charge is 2.36. The van der Waals surface area contributed by atoms with E-state index < -0.39 is 0 Å². The summed E-state index contributed by atoms with van der Waals surface area (Å²) in [7, 11) is 0. The van der Waals surface area contributed by atoms with E-state index in [9.17, 15) is 9.59 Å². The number of ether oxygens (including phenoxy) is 1. The molecule has 0 unspecified atom stereocenters. The molecule has 2 aliphatic rings. The number of ketones is 2. The second-order valence-corrected chi connectivity index (χ2v) is 7.91. The van der Waals surface area contributed by atoms with Gasteiger partial charge in [-0.1, -0.05) is 24.3 Å². The van der Waals surface area contributed by atoms with Crippen LogP contribution >= 0.6 is 0 Å².